The molecule has 1 aliphatic rings. The number of rotatable bonds is 7. The van der Waals surface area contributed by atoms with Gasteiger partial charge in [-0.3, -0.25) is 14.4 Å². The first kappa shape index (κ1) is 17.6. The van der Waals surface area contributed by atoms with E-state index in [-0.39, 0.29) is 37.7 Å². The summed E-state index contributed by atoms with van der Waals surface area (Å²) in [7, 11) is 3.03. The number of nitrogens with zero attached hydrogens (tertiary/aromatic N) is 1. The van der Waals surface area contributed by atoms with Crippen molar-refractivity contribution in [1.29, 1.82) is 0 Å². The molecule has 0 bridgehead atoms. The molecule has 0 saturated carbocycles. The molecule has 1 unspecified atom stereocenters. The first-order chi connectivity index (χ1) is 11.4. The van der Waals surface area contributed by atoms with Crippen molar-refractivity contribution >= 4 is 23.5 Å². The lowest BCUT2D eigenvalue weighted by Gasteiger charge is -2.18. The molecule has 8 heteroatoms. The highest BCUT2D eigenvalue weighted by atomic mass is 16.5. The van der Waals surface area contributed by atoms with Gasteiger partial charge in [-0.1, -0.05) is 0 Å². The number of benzene rings is 1. The number of aliphatic carboxylic acids is 1. The van der Waals surface area contributed by atoms with Crippen LogP contribution in [0.3, 0.4) is 0 Å². The van der Waals surface area contributed by atoms with Gasteiger partial charge in [0.2, 0.25) is 11.8 Å². The molecule has 1 aromatic rings. The number of ether oxygens (including phenoxy) is 2. The number of nitrogens with one attached hydrogen (secondary N) is 1. The molecule has 1 aliphatic heterocycles. The normalized spacial score (nSPS) is 16.8. The number of carbonyl (C=O) groups excluding carboxylic acids is 2. The van der Waals surface area contributed by atoms with E-state index < -0.39 is 11.9 Å². The summed E-state index contributed by atoms with van der Waals surface area (Å²) in [5.74, 6) is -0.893. The highest BCUT2D eigenvalue weighted by molar-refractivity contribution is 6.00. The van der Waals surface area contributed by atoms with Gasteiger partial charge < -0.3 is 24.8 Å². The number of hydrogen-bond donors (Lipinski definition) is 2. The molecule has 0 radical (unpaired) electrons. The van der Waals surface area contributed by atoms with E-state index >= 15 is 0 Å². The summed E-state index contributed by atoms with van der Waals surface area (Å²) in [5, 5.41) is 11.1. The van der Waals surface area contributed by atoms with Gasteiger partial charge in [0.15, 0.2) is 0 Å². The molecule has 2 N–H and O–H groups in total. The molecule has 1 saturated heterocycles. The van der Waals surface area contributed by atoms with E-state index in [9.17, 15) is 14.4 Å². The molecule has 1 atom stereocenters. The van der Waals surface area contributed by atoms with Crippen LogP contribution < -0.4 is 19.7 Å². The van der Waals surface area contributed by atoms with Gasteiger partial charge >= 0.3 is 5.97 Å². The van der Waals surface area contributed by atoms with Gasteiger partial charge in [-0.25, -0.2) is 0 Å². The highest BCUT2D eigenvalue weighted by Gasteiger charge is 2.35. The Hall–Kier alpha value is -2.77. The van der Waals surface area contributed by atoms with Gasteiger partial charge in [-0.15, -0.1) is 0 Å². The Morgan fingerprint density at radius 2 is 1.88 bits per heavy atom. The Bertz CT molecular complexity index is 623. The number of hydrogen-bond acceptors (Lipinski definition) is 5. The molecule has 2 rings (SSSR count). The number of methoxy groups -OCH3 is 2. The van der Waals surface area contributed by atoms with E-state index in [1.165, 1.54) is 19.1 Å². The lowest BCUT2D eigenvalue weighted by Crippen LogP contribution is -2.34. The van der Waals surface area contributed by atoms with E-state index in [0.717, 1.165) is 0 Å². The molecule has 1 aromatic carbocycles. The predicted octanol–water partition coefficient (Wildman–Crippen LogP) is 0.648. The Labute approximate surface area is 139 Å². The van der Waals surface area contributed by atoms with E-state index in [1.54, 1.807) is 18.2 Å². The fourth-order valence-corrected chi connectivity index (χ4v) is 2.52. The molecular weight excluding hydrogens is 316 g/mol. The maximum atomic E-state index is 12.2. The molecule has 1 heterocycles. The Kier molecular flexibility index (Phi) is 5.62. The first-order valence-electron chi connectivity index (χ1n) is 7.47. The standard InChI is InChI=1S/C16H20N2O6/c1-23-12-6-11(7-13(8-12)24-2)18-9-10(5-14(18)19)16(22)17-4-3-15(20)21/h6-8,10H,3-5,9H2,1-2H3,(H,17,22)(H,20,21). The Morgan fingerprint density at radius 3 is 2.42 bits per heavy atom. The van der Waals surface area contributed by atoms with Crippen LogP contribution in [0, 0.1) is 5.92 Å². The van der Waals surface area contributed by atoms with Crippen LogP contribution in [-0.4, -0.2) is 50.2 Å². The van der Waals surface area contributed by atoms with Crippen molar-refractivity contribution < 1.29 is 29.0 Å². The summed E-state index contributed by atoms with van der Waals surface area (Å²) in [6.07, 6.45) is -0.0678. The minimum absolute atomic E-state index is 0.0475. The first-order valence-corrected chi connectivity index (χ1v) is 7.47. The number of amides is 2. The monoisotopic (exact) mass is 336 g/mol. The minimum Gasteiger partial charge on any atom is -0.497 e. The summed E-state index contributed by atoms with van der Waals surface area (Å²) in [6, 6.07) is 5.09. The predicted molar refractivity (Wildman–Crippen MR) is 85.3 cm³/mol. The highest BCUT2D eigenvalue weighted by Crippen LogP contribution is 2.32. The van der Waals surface area contributed by atoms with Gasteiger partial charge in [-0.05, 0) is 0 Å². The van der Waals surface area contributed by atoms with E-state index in [1.807, 2.05) is 0 Å². The van der Waals surface area contributed by atoms with Crippen molar-refractivity contribution in [2.24, 2.45) is 5.92 Å². The quantitative estimate of drug-likeness (QED) is 0.757. The van der Waals surface area contributed by atoms with Crippen molar-refractivity contribution in [2.45, 2.75) is 12.8 Å². The second kappa shape index (κ2) is 7.67. The van der Waals surface area contributed by atoms with Crippen molar-refractivity contribution in [1.82, 2.24) is 5.32 Å². The van der Waals surface area contributed by atoms with Gasteiger partial charge in [0.25, 0.3) is 0 Å². The summed E-state index contributed by atoms with van der Waals surface area (Å²) in [4.78, 5) is 36.3. The molecule has 0 spiro atoms. The zero-order valence-electron chi connectivity index (χ0n) is 13.6. The topological polar surface area (TPSA) is 105 Å². The smallest absolute Gasteiger partial charge is 0.305 e. The minimum atomic E-state index is -0.983. The Morgan fingerprint density at radius 1 is 1.25 bits per heavy atom. The summed E-state index contributed by atoms with van der Waals surface area (Å²) < 4.78 is 10.4. The molecule has 1 fully saturated rings. The van der Waals surface area contributed by atoms with Gasteiger partial charge in [-0.2, -0.15) is 0 Å². The van der Waals surface area contributed by atoms with Gasteiger partial charge in [0, 0.05) is 37.7 Å². The fourth-order valence-electron chi connectivity index (χ4n) is 2.52. The maximum Gasteiger partial charge on any atom is 0.305 e. The molecular formula is C16H20N2O6. The third-order valence-corrected chi connectivity index (χ3v) is 3.78. The van der Waals surface area contributed by atoms with Crippen LogP contribution in [0.2, 0.25) is 0 Å². The second-order valence-corrected chi connectivity index (χ2v) is 5.41. The van der Waals surface area contributed by atoms with Crippen molar-refractivity contribution in [3.63, 3.8) is 0 Å². The number of anilines is 1. The van der Waals surface area contributed by atoms with E-state index in [2.05, 4.69) is 5.32 Å². The van der Waals surface area contributed by atoms with Crippen LogP contribution in [0.1, 0.15) is 12.8 Å². The van der Waals surface area contributed by atoms with Crippen molar-refractivity contribution in [3.05, 3.63) is 18.2 Å². The maximum absolute atomic E-state index is 12.2. The molecule has 8 nitrogen and oxygen atoms in total. The van der Waals surface area contributed by atoms with Crippen LogP contribution in [0.5, 0.6) is 11.5 Å². The molecule has 0 aliphatic carbocycles. The molecule has 2 amide bonds. The number of carboxylic acids is 1. The Balaban J connectivity index is 2.07. The zero-order valence-corrected chi connectivity index (χ0v) is 13.6. The van der Waals surface area contributed by atoms with Gasteiger partial charge in [0.1, 0.15) is 11.5 Å². The zero-order chi connectivity index (χ0) is 17.7. The number of carboxylic acid groups (broad SMARTS) is 1. The average molecular weight is 336 g/mol. The largest absolute Gasteiger partial charge is 0.497 e. The van der Waals surface area contributed by atoms with Crippen LogP contribution in [-0.2, 0) is 14.4 Å². The fraction of sp³-hybridized carbons (Fsp3) is 0.438. The lowest BCUT2D eigenvalue weighted by atomic mass is 10.1. The number of carbonyl (C=O) groups is 3. The summed E-state index contributed by atoms with van der Waals surface area (Å²) in [5.41, 5.74) is 0.594. The second-order valence-electron chi connectivity index (χ2n) is 5.41. The molecule has 130 valence electrons. The van der Waals surface area contributed by atoms with Crippen LogP contribution in [0.15, 0.2) is 18.2 Å². The lowest BCUT2D eigenvalue weighted by molar-refractivity contribution is -0.137. The van der Waals surface area contributed by atoms with Gasteiger partial charge in [0.05, 0.1) is 32.2 Å². The van der Waals surface area contributed by atoms with E-state index in [4.69, 9.17) is 14.6 Å². The third kappa shape index (κ3) is 4.15. The third-order valence-electron chi connectivity index (χ3n) is 3.78. The average Bonchev–Trinajstić information content (AvgIpc) is 2.95. The molecule has 0 aromatic heterocycles. The van der Waals surface area contributed by atoms with Crippen molar-refractivity contribution in [2.75, 3.05) is 32.2 Å². The molecule has 24 heavy (non-hydrogen) atoms. The summed E-state index contributed by atoms with van der Waals surface area (Å²) >= 11 is 0. The summed E-state index contributed by atoms with van der Waals surface area (Å²) in [6.45, 7) is 0.278. The van der Waals surface area contributed by atoms with E-state index in [0.29, 0.717) is 17.2 Å². The van der Waals surface area contributed by atoms with Crippen LogP contribution >= 0.6 is 0 Å². The van der Waals surface area contributed by atoms with Crippen LogP contribution in [0.25, 0.3) is 0 Å². The van der Waals surface area contributed by atoms with Crippen LogP contribution in [0.4, 0.5) is 5.69 Å². The van der Waals surface area contributed by atoms with Crippen molar-refractivity contribution in [3.8, 4) is 11.5 Å². The SMILES string of the molecule is COc1cc(OC)cc(N2CC(C(=O)NCCC(=O)O)CC2=O)c1.